The zero-order valence-electron chi connectivity index (χ0n) is 8.59. The van der Waals surface area contributed by atoms with Gasteiger partial charge in [0.15, 0.2) is 0 Å². The minimum Gasteiger partial charge on any atom is -0.318 e. The SMILES string of the molecule is CNCCN(C)Cc1cc(C)[nH]n1. The molecule has 0 aliphatic heterocycles. The van der Waals surface area contributed by atoms with Crippen LogP contribution in [-0.4, -0.2) is 42.3 Å². The molecule has 13 heavy (non-hydrogen) atoms. The Morgan fingerprint density at radius 1 is 1.62 bits per heavy atom. The number of hydrogen-bond acceptors (Lipinski definition) is 3. The molecule has 0 atom stereocenters. The van der Waals surface area contributed by atoms with Crippen molar-refractivity contribution in [2.75, 3.05) is 27.2 Å². The van der Waals surface area contributed by atoms with Crippen LogP contribution in [0.15, 0.2) is 6.07 Å². The third kappa shape index (κ3) is 3.57. The molecule has 0 spiro atoms. The highest BCUT2D eigenvalue weighted by Crippen LogP contribution is 2.00. The first-order valence-electron chi connectivity index (χ1n) is 4.56. The van der Waals surface area contributed by atoms with Gasteiger partial charge in [-0.05, 0) is 27.1 Å². The van der Waals surface area contributed by atoms with E-state index in [1.807, 2.05) is 14.0 Å². The minimum absolute atomic E-state index is 0.909. The zero-order valence-corrected chi connectivity index (χ0v) is 8.59. The quantitative estimate of drug-likeness (QED) is 0.691. The van der Waals surface area contributed by atoms with Crippen LogP contribution in [0.5, 0.6) is 0 Å². The lowest BCUT2D eigenvalue weighted by atomic mass is 10.3. The van der Waals surface area contributed by atoms with E-state index in [2.05, 4.69) is 33.5 Å². The molecule has 1 rings (SSSR count). The average Bonchev–Trinajstić information content (AvgIpc) is 2.48. The van der Waals surface area contributed by atoms with Crippen LogP contribution in [0.3, 0.4) is 0 Å². The standard InChI is InChI=1S/C9H18N4/c1-8-6-9(12-11-8)7-13(3)5-4-10-2/h6,10H,4-5,7H2,1-3H3,(H,11,12). The second kappa shape index (κ2) is 4.99. The first-order valence-corrected chi connectivity index (χ1v) is 4.56. The number of rotatable bonds is 5. The van der Waals surface area contributed by atoms with Gasteiger partial charge in [0.2, 0.25) is 0 Å². The van der Waals surface area contributed by atoms with Crippen LogP contribution in [-0.2, 0) is 6.54 Å². The molecule has 0 unspecified atom stereocenters. The maximum atomic E-state index is 4.18. The Kier molecular flexibility index (Phi) is 3.92. The van der Waals surface area contributed by atoms with Gasteiger partial charge in [0.1, 0.15) is 0 Å². The van der Waals surface area contributed by atoms with Crippen molar-refractivity contribution in [1.82, 2.24) is 20.4 Å². The van der Waals surface area contributed by atoms with Crippen molar-refractivity contribution < 1.29 is 0 Å². The summed E-state index contributed by atoms with van der Waals surface area (Å²) < 4.78 is 0. The monoisotopic (exact) mass is 182 g/mol. The first-order chi connectivity index (χ1) is 6.22. The number of aromatic nitrogens is 2. The lowest BCUT2D eigenvalue weighted by Crippen LogP contribution is -2.27. The van der Waals surface area contributed by atoms with Gasteiger partial charge in [0.05, 0.1) is 5.69 Å². The molecule has 0 saturated carbocycles. The topological polar surface area (TPSA) is 44.0 Å². The predicted molar refractivity (Wildman–Crippen MR) is 53.6 cm³/mol. The maximum Gasteiger partial charge on any atom is 0.0764 e. The molecule has 0 radical (unpaired) electrons. The van der Waals surface area contributed by atoms with Crippen molar-refractivity contribution in [3.63, 3.8) is 0 Å². The van der Waals surface area contributed by atoms with Crippen molar-refractivity contribution in [3.05, 3.63) is 17.5 Å². The summed E-state index contributed by atoms with van der Waals surface area (Å²) in [7, 11) is 4.06. The molecular weight excluding hydrogens is 164 g/mol. The molecule has 4 nitrogen and oxygen atoms in total. The molecule has 0 amide bonds. The second-order valence-electron chi connectivity index (χ2n) is 3.38. The lowest BCUT2D eigenvalue weighted by molar-refractivity contribution is 0.324. The molecule has 0 fully saturated rings. The first kappa shape index (κ1) is 10.2. The Labute approximate surface area is 79.3 Å². The molecule has 0 bridgehead atoms. The summed E-state index contributed by atoms with van der Waals surface area (Å²) in [5, 5.41) is 10.2. The van der Waals surface area contributed by atoms with Gasteiger partial charge < -0.3 is 5.32 Å². The number of aromatic amines is 1. The third-order valence-electron chi connectivity index (χ3n) is 1.93. The van der Waals surface area contributed by atoms with Crippen LogP contribution in [0.1, 0.15) is 11.4 Å². The molecule has 1 heterocycles. The summed E-state index contributed by atoms with van der Waals surface area (Å²) in [5.74, 6) is 0. The van der Waals surface area contributed by atoms with Gasteiger partial charge in [-0.1, -0.05) is 0 Å². The van der Waals surface area contributed by atoms with E-state index < -0.39 is 0 Å². The molecule has 0 aliphatic rings. The molecule has 1 aromatic rings. The molecular formula is C9H18N4. The van der Waals surface area contributed by atoms with Crippen molar-refractivity contribution in [2.24, 2.45) is 0 Å². The summed E-state index contributed by atoms with van der Waals surface area (Å²) in [6, 6.07) is 2.08. The Hall–Kier alpha value is -0.870. The fraction of sp³-hybridized carbons (Fsp3) is 0.667. The second-order valence-corrected chi connectivity index (χ2v) is 3.38. The van der Waals surface area contributed by atoms with E-state index in [1.165, 1.54) is 0 Å². The number of nitrogens with one attached hydrogen (secondary N) is 2. The van der Waals surface area contributed by atoms with Crippen molar-refractivity contribution >= 4 is 0 Å². The predicted octanol–water partition coefficient (Wildman–Crippen LogP) is 0.369. The van der Waals surface area contributed by atoms with Gasteiger partial charge in [-0.3, -0.25) is 10.00 Å². The molecule has 4 heteroatoms. The van der Waals surface area contributed by atoms with Gasteiger partial charge in [-0.25, -0.2) is 0 Å². The summed E-state index contributed by atoms with van der Waals surface area (Å²) >= 11 is 0. The Balaban J connectivity index is 2.31. The number of nitrogens with zero attached hydrogens (tertiary/aromatic N) is 2. The van der Waals surface area contributed by atoms with Gasteiger partial charge in [-0.2, -0.15) is 5.10 Å². The molecule has 2 N–H and O–H groups in total. The van der Waals surface area contributed by atoms with E-state index in [9.17, 15) is 0 Å². The van der Waals surface area contributed by atoms with Crippen LogP contribution in [0.25, 0.3) is 0 Å². The van der Waals surface area contributed by atoms with E-state index in [0.29, 0.717) is 0 Å². The Bertz CT molecular complexity index is 244. The fourth-order valence-electron chi connectivity index (χ4n) is 1.21. The molecule has 0 aromatic carbocycles. The minimum atomic E-state index is 0.909. The van der Waals surface area contributed by atoms with E-state index in [1.54, 1.807) is 0 Å². The van der Waals surface area contributed by atoms with Crippen LogP contribution in [0.4, 0.5) is 0 Å². The van der Waals surface area contributed by atoms with E-state index in [4.69, 9.17) is 0 Å². The van der Waals surface area contributed by atoms with Gasteiger partial charge in [0, 0.05) is 25.3 Å². The fourth-order valence-corrected chi connectivity index (χ4v) is 1.21. The van der Waals surface area contributed by atoms with E-state index in [-0.39, 0.29) is 0 Å². The average molecular weight is 182 g/mol. The number of H-pyrrole nitrogens is 1. The van der Waals surface area contributed by atoms with E-state index in [0.717, 1.165) is 31.0 Å². The highest BCUT2D eigenvalue weighted by molar-refractivity contribution is 5.06. The number of aryl methyl sites for hydroxylation is 1. The van der Waals surface area contributed by atoms with Gasteiger partial charge in [-0.15, -0.1) is 0 Å². The highest BCUT2D eigenvalue weighted by atomic mass is 15.2. The molecule has 0 aliphatic carbocycles. The summed E-state index contributed by atoms with van der Waals surface area (Å²) in [5.41, 5.74) is 2.23. The molecule has 1 aromatic heterocycles. The summed E-state index contributed by atoms with van der Waals surface area (Å²) in [6.07, 6.45) is 0. The Morgan fingerprint density at radius 3 is 2.92 bits per heavy atom. The molecule has 74 valence electrons. The summed E-state index contributed by atoms with van der Waals surface area (Å²) in [6.45, 7) is 4.98. The van der Waals surface area contributed by atoms with Crippen molar-refractivity contribution in [2.45, 2.75) is 13.5 Å². The normalized spacial score (nSPS) is 11.1. The largest absolute Gasteiger partial charge is 0.318 e. The van der Waals surface area contributed by atoms with Gasteiger partial charge >= 0.3 is 0 Å². The third-order valence-corrected chi connectivity index (χ3v) is 1.93. The van der Waals surface area contributed by atoms with Crippen LogP contribution >= 0.6 is 0 Å². The number of likely N-dealkylation sites (N-methyl/N-ethyl adjacent to an activating group) is 2. The van der Waals surface area contributed by atoms with Gasteiger partial charge in [0.25, 0.3) is 0 Å². The lowest BCUT2D eigenvalue weighted by Gasteiger charge is -2.14. The highest BCUT2D eigenvalue weighted by Gasteiger charge is 2.01. The van der Waals surface area contributed by atoms with E-state index >= 15 is 0 Å². The van der Waals surface area contributed by atoms with Crippen LogP contribution < -0.4 is 5.32 Å². The van der Waals surface area contributed by atoms with Crippen LogP contribution in [0, 0.1) is 6.92 Å². The molecule has 0 saturated heterocycles. The zero-order chi connectivity index (χ0) is 9.68. The Morgan fingerprint density at radius 2 is 2.38 bits per heavy atom. The maximum absolute atomic E-state index is 4.18. The summed E-state index contributed by atoms with van der Waals surface area (Å²) in [4.78, 5) is 2.24. The van der Waals surface area contributed by atoms with Crippen molar-refractivity contribution in [1.29, 1.82) is 0 Å². The smallest absolute Gasteiger partial charge is 0.0764 e. The van der Waals surface area contributed by atoms with Crippen LogP contribution in [0.2, 0.25) is 0 Å². The number of hydrogen-bond donors (Lipinski definition) is 2. The van der Waals surface area contributed by atoms with Crippen molar-refractivity contribution in [3.8, 4) is 0 Å².